The van der Waals surface area contributed by atoms with E-state index in [1.54, 1.807) is 0 Å². The molecule has 1 amide bonds. The molecule has 1 unspecified atom stereocenters. The van der Waals surface area contributed by atoms with Crippen LogP contribution in [-0.4, -0.2) is 11.9 Å². The third-order valence-electron chi connectivity index (χ3n) is 2.62. The topological polar surface area (TPSA) is 29.1 Å². The van der Waals surface area contributed by atoms with Gasteiger partial charge in [-0.25, -0.2) is 0 Å². The van der Waals surface area contributed by atoms with Crippen molar-refractivity contribution in [3.63, 3.8) is 0 Å². The predicted octanol–water partition coefficient (Wildman–Crippen LogP) is 2.78. The highest BCUT2D eigenvalue weighted by atomic mass is 16.1. The second-order valence-electron chi connectivity index (χ2n) is 4.46. The highest BCUT2D eigenvalue weighted by molar-refractivity contribution is 5.79. The summed E-state index contributed by atoms with van der Waals surface area (Å²) in [6.07, 6.45) is 1.71. The first-order valence-electron chi connectivity index (χ1n) is 5.97. The predicted molar refractivity (Wildman–Crippen MR) is 67.2 cm³/mol. The number of hydrogen-bond acceptors (Lipinski definition) is 1. The summed E-state index contributed by atoms with van der Waals surface area (Å²) in [6.45, 7) is 6.05. The third kappa shape index (κ3) is 4.05. The van der Waals surface area contributed by atoms with Gasteiger partial charge in [0.2, 0.25) is 5.91 Å². The standard InChI is InChI=1S/C14H21NO/c1-4-13(14(16)15-11(2)3)10-12-8-6-5-7-9-12/h5-9,11,13H,4,10H2,1-3H3,(H,15,16). The van der Waals surface area contributed by atoms with E-state index in [1.807, 2.05) is 32.0 Å². The summed E-state index contributed by atoms with van der Waals surface area (Å²) in [5.41, 5.74) is 1.23. The quantitative estimate of drug-likeness (QED) is 0.810. The maximum absolute atomic E-state index is 11.9. The summed E-state index contributed by atoms with van der Waals surface area (Å²) < 4.78 is 0. The van der Waals surface area contributed by atoms with Crippen LogP contribution in [0.2, 0.25) is 0 Å². The van der Waals surface area contributed by atoms with Gasteiger partial charge >= 0.3 is 0 Å². The van der Waals surface area contributed by atoms with Crippen LogP contribution in [0.5, 0.6) is 0 Å². The maximum Gasteiger partial charge on any atom is 0.223 e. The van der Waals surface area contributed by atoms with Crippen LogP contribution in [0.25, 0.3) is 0 Å². The van der Waals surface area contributed by atoms with Gasteiger partial charge in [-0.3, -0.25) is 4.79 Å². The number of carbonyl (C=O) groups is 1. The van der Waals surface area contributed by atoms with E-state index in [1.165, 1.54) is 5.56 Å². The molecule has 1 aromatic rings. The van der Waals surface area contributed by atoms with Crippen molar-refractivity contribution in [1.29, 1.82) is 0 Å². The Morgan fingerprint density at radius 3 is 2.38 bits per heavy atom. The normalized spacial score (nSPS) is 12.5. The van der Waals surface area contributed by atoms with Gasteiger partial charge in [-0.2, -0.15) is 0 Å². The van der Waals surface area contributed by atoms with Crippen LogP contribution >= 0.6 is 0 Å². The van der Waals surface area contributed by atoms with Crippen molar-refractivity contribution in [3.8, 4) is 0 Å². The molecule has 0 radical (unpaired) electrons. The van der Waals surface area contributed by atoms with Crippen LogP contribution in [0.4, 0.5) is 0 Å². The minimum Gasteiger partial charge on any atom is -0.354 e. The summed E-state index contributed by atoms with van der Waals surface area (Å²) in [5, 5.41) is 2.98. The van der Waals surface area contributed by atoms with Gasteiger partial charge in [-0.05, 0) is 32.3 Å². The van der Waals surface area contributed by atoms with Crippen molar-refractivity contribution >= 4 is 5.91 Å². The van der Waals surface area contributed by atoms with Crippen molar-refractivity contribution in [1.82, 2.24) is 5.32 Å². The molecule has 0 heterocycles. The Morgan fingerprint density at radius 1 is 1.25 bits per heavy atom. The van der Waals surface area contributed by atoms with E-state index in [0.29, 0.717) is 0 Å². The maximum atomic E-state index is 11.9. The first kappa shape index (κ1) is 12.8. The number of nitrogens with one attached hydrogen (secondary N) is 1. The average molecular weight is 219 g/mol. The first-order valence-corrected chi connectivity index (χ1v) is 5.97. The lowest BCUT2D eigenvalue weighted by molar-refractivity contribution is -0.125. The molecule has 88 valence electrons. The van der Waals surface area contributed by atoms with E-state index in [4.69, 9.17) is 0 Å². The number of carbonyl (C=O) groups excluding carboxylic acids is 1. The molecule has 1 rings (SSSR count). The Balaban J connectivity index is 2.58. The molecule has 16 heavy (non-hydrogen) atoms. The molecule has 0 aliphatic carbocycles. The van der Waals surface area contributed by atoms with Gasteiger partial charge in [0.05, 0.1) is 0 Å². The van der Waals surface area contributed by atoms with Crippen molar-refractivity contribution < 1.29 is 4.79 Å². The lowest BCUT2D eigenvalue weighted by Crippen LogP contribution is -2.36. The van der Waals surface area contributed by atoms with Crippen molar-refractivity contribution in [2.45, 2.75) is 39.7 Å². The van der Waals surface area contributed by atoms with E-state index in [2.05, 4.69) is 24.4 Å². The van der Waals surface area contributed by atoms with Crippen LogP contribution in [-0.2, 0) is 11.2 Å². The van der Waals surface area contributed by atoms with Crippen molar-refractivity contribution in [2.75, 3.05) is 0 Å². The molecule has 1 atom stereocenters. The van der Waals surface area contributed by atoms with Gasteiger partial charge in [-0.1, -0.05) is 37.3 Å². The molecular formula is C14H21NO. The molecule has 0 saturated heterocycles. The molecule has 0 saturated carbocycles. The highest BCUT2D eigenvalue weighted by Crippen LogP contribution is 2.12. The van der Waals surface area contributed by atoms with Crippen LogP contribution in [0.3, 0.4) is 0 Å². The second-order valence-corrected chi connectivity index (χ2v) is 4.46. The lowest BCUT2D eigenvalue weighted by atomic mass is 9.96. The van der Waals surface area contributed by atoms with E-state index < -0.39 is 0 Å². The summed E-state index contributed by atoms with van der Waals surface area (Å²) in [7, 11) is 0. The van der Waals surface area contributed by atoms with Gasteiger partial charge in [0, 0.05) is 12.0 Å². The summed E-state index contributed by atoms with van der Waals surface area (Å²) in [5.74, 6) is 0.256. The Bertz CT molecular complexity index is 319. The molecule has 2 nitrogen and oxygen atoms in total. The molecule has 1 N–H and O–H groups in total. The van der Waals surface area contributed by atoms with Gasteiger partial charge in [-0.15, -0.1) is 0 Å². The minimum atomic E-state index is 0.0878. The smallest absolute Gasteiger partial charge is 0.223 e. The van der Waals surface area contributed by atoms with Crippen LogP contribution in [0.15, 0.2) is 30.3 Å². The fourth-order valence-corrected chi connectivity index (χ4v) is 1.72. The van der Waals surface area contributed by atoms with Crippen molar-refractivity contribution in [2.24, 2.45) is 5.92 Å². The Morgan fingerprint density at radius 2 is 1.88 bits per heavy atom. The summed E-state index contributed by atoms with van der Waals surface area (Å²) in [4.78, 5) is 11.9. The molecule has 2 heteroatoms. The average Bonchev–Trinajstić information content (AvgIpc) is 2.26. The largest absolute Gasteiger partial charge is 0.354 e. The van der Waals surface area contributed by atoms with Gasteiger partial charge < -0.3 is 5.32 Å². The molecule has 0 aromatic heterocycles. The Kier molecular flexibility index (Phi) is 5.03. The zero-order valence-corrected chi connectivity index (χ0v) is 10.4. The molecule has 0 aliphatic rings. The van der Waals surface area contributed by atoms with Crippen LogP contribution in [0.1, 0.15) is 32.8 Å². The van der Waals surface area contributed by atoms with Crippen LogP contribution in [0, 0.1) is 5.92 Å². The van der Waals surface area contributed by atoms with Crippen molar-refractivity contribution in [3.05, 3.63) is 35.9 Å². The zero-order chi connectivity index (χ0) is 12.0. The zero-order valence-electron chi connectivity index (χ0n) is 10.4. The molecular weight excluding hydrogens is 198 g/mol. The van der Waals surface area contributed by atoms with E-state index in [9.17, 15) is 4.79 Å². The molecule has 0 aliphatic heterocycles. The summed E-state index contributed by atoms with van der Waals surface area (Å²) >= 11 is 0. The number of amides is 1. The molecule has 1 aromatic carbocycles. The number of hydrogen-bond donors (Lipinski definition) is 1. The molecule has 0 spiro atoms. The fourth-order valence-electron chi connectivity index (χ4n) is 1.72. The Labute approximate surface area is 98.1 Å². The monoisotopic (exact) mass is 219 g/mol. The van der Waals surface area contributed by atoms with E-state index in [-0.39, 0.29) is 17.9 Å². The fraction of sp³-hybridized carbons (Fsp3) is 0.500. The molecule has 0 bridgehead atoms. The second kappa shape index (κ2) is 6.31. The lowest BCUT2D eigenvalue weighted by Gasteiger charge is -2.17. The number of benzene rings is 1. The van der Waals surface area contributed by atoms with Gasteiger partial charge in [0.25, 0.3) is 0 Å². The van der Waals surface area contributed by atoms with Crippen LogP contribution < -0.4 is 5.32 Å². The minimum absolute atomic E-state index is 0.0878. The Hall–Kier alpha value is -1.31. The van der Waals surface area contributed by atoms with E-state index >= 15 is 0 Å². The van der Waals surface area contributed by atoms with Gasteiger partial charge in [0.15, 0.2) is 0 Å². The van der Waals surface area contributed by atoms with Gasteiger partial charge in [0.1, 0.15) is 0 Å². The highest BCUT2D eigenvalue weighted by Gasteiger charge is 2.17. The number of rotatable bonds is 5. The third-order valence-corrected chi connectivity index (χ3v) is 2.62. The first-order chi connectivity index (χ1) is 7.63. The molecule has 0 fully saturated rings. The van der Waals surface area contributed by atoms with E-state index in [0.717, 1.165) is 12.8 Å². The SMILES string of the molecule is CCC(Cc1ccccc1)C(=O)NC(C)C. The summed E-state index contributed by atoms with van der Waals surface area (Å²) in [6, 6.07) is 10.4.